The van der Waals surface area contributed by atoms with Crippen LogP contribution in [0.25, 0.3) is 17.1 Å². The Kier molecular flexibility index (Phi) is 7.33. The van der Waals surface area contributed by atoms with Crippen LogP contribution < -0.4 is 10.1 Å². The molecule has 0 bridgehead atoms. The van der Waals surface area contributed by atoms with Crippen molar-refractivity contribution < 1.29 is 9.53 Å². The Morgan fingerprint density at radius 3 is 2.38 bits per heavy atom. The minimum atomic E-state index is -0.0840. The fraction of sp³-hybridized carbons (Fsp3) is 0.222. The quantitative estimate of drug-likeness (QED) is 0.314. The van der Waals surface area contributed by atoms with E-state index in [2.05, 4.69) is 48.4 Å². The molecule has 0 unspecified atom stereocenters. The van der Waals surface area contributed by atoms with Crippen molar-refractivity contribution in [2.75, 3.05) is 18.2 Å². The monoisotopic (exact) mass is 472 g/mol. The van der Waals surface area contributed by atoms with Crippen molar-refractivity contribution in [2.45, 2.75) is 31.8 Å². The number of nitrogens with zero attached hydrogens (tertiary/aromatic N) is 3. The number of amides is 1. The molecule has 0 radical (unpaired) electrons. The van der Waals surface area contributed by atoms with Gasteiger partial charge in [-0.3, -0.25) is 9.36 Å². The lowest BCUT2D eigenvalue weighted by Crippen LogP contribution is -2.16. The Balaban J connectivity index is 1.60. The first-order valence-electron chi connectivity index (χ1n) is 11.1. The van der Waals surface area contributed by atoms with Gasteiger partial charge in [0.05, 0.1) is 12.9 Å². The van der Waals surface area contributed by atoms with Crippen molar-refractivity contribution in [2.24, 2.45) is 0 Å². The maximum Gasteiger partial charge on any atom is 0.234 e. The molecular weight excluding hydrogens is 444 g/mol. The van der Waals surface area contributed by atoms with Crippen molar-refractivity contribution in [3.05, 3.63) is 83.9 Å². The number of benzene rings is 3. The summed E-state index contributed by atoms with van der Waals surface area (Å²) in [6.45, 7) is 6.28. The highest BCUT2D eigenvalue weighted by Gasteiger charge is 2.18. The molecule has 6 nitrogen and oxygen atoms in total. The lowest BCUT2D eigenvalue weighted by Gasteiger charge is -2.14. The molecule has 1 aromatic heterocycles. The van der Waals surface area contributed by atoms with Gasteiger partial charge in [-0.15, -0.1) is 10.2 Å². The number of methoxy groups -OCH3 is 1. The van der Waals surface area contributed by atoms with E-state index < -0.39 is 0 Å². The maximum atomic E-state index is 12.8. The van der Waals surface area contributed by atoms with Crippen LogP contribution in [-0.2, 0) is 4.79 Å². The number of thioether (sulfide) groups is 1. The van der Waals surface area contributed by atoms with Gasteiger partial charge in [0.2, 0.25) is 5.91 Å². The highest BCUT2D eigenvalue weighted by Crippen LogP contribution is 2.30. The van der Waals surface area contributed by atoms with Crippen molar-refractivity contribution in [3.8, 4) is 22.8 Å². The lowest BCUT2D eigenvalue weighted by molar-refractivity contribution is -0.113. The van der Waals surface area contributed by atoms with Gasteiger partial charge >= 0.3 is 0 Å². The van der Waals surface area contributed by atoms with Crippen LogP contribution in [0.2, 0.25) is 0 Å². The first kappa shape index (κ1) is 23.6. The summed E-state index contributed by atoms with van der Waals surface area (Å²) in [5.41, 5.74) is 4.99. The standard InChI is InChI=1S/C27H28N4O2S/c1-18(2)23-7-5-6-8-24(23)28-25(32)17-34-27-30-29-26(20-11-9-19(3)10-12-20)31(27)21-13-15-22(33-4)16-14-21/h5-16,18H,17H2,1-4H3,(H,28,32). The Hall–Kier alpha value is -3.58. The number of hydrogen-bond donors (Lipinski definition) is 1. The van der Waals surface area contributed by atoms with Gasteiger partial charge in [0, 0.05) is 16.9 Å². The third-order valence-electron chi connectivity index (χ3n) is 5.46. The molecule has 0 atom stereocenters. The van der Waals surface area contributed by atoms with E-state index in [9.17, 15) is 4.79 Å². The van der Waals surface area contributed by atoms with Crippen molar-refractivity contribution in [1.82, 2.24) is 14.8 Å². The molecule has 0 aliphatic rings. The van der Waals surface area contributed by atoms with Gasteiger partial charge in [0.15, 0.2) is 11.0 Å². The second-order valence-electron chi connectivity index (χ2n) is 8.28. The summed E-state index contributed by atoms with van der Waals surface area (Å²) < 4.78 is 7.28. The summed E-state index contributed by atoms with van der Waals surface area (Å²) in [6.07, 6.45) is 0. The van der Waals surface area contributed by atoms with Gasteiger partial charge < -0.3 is 10.1 Å². The number of anilines is 1. The predicted octanol–water partition coefficient (Wildman–Crippen LogP) is 6.11. The predicted molar refractivity (Wildman–Crippen MR) is 138 cm³/mol. The SMILES string of the molecule is COc1ccc(-n2c(SCC(=O)Nc3ccccc3C(C)C)nnc2-c2ccc(C)cc2)cc1. The van der Waals surface area contributed by atoms with Crippen LogP contribution in [0.4, 0.5) is 5.69 Å². The summed E-state index contributed by atoms with van der Waals surface area (Å²) in [7, 11) is 1.64. The highest BCUT2D eigenvalue weighted by molar-refractivity contribution is 7.99. The molecule has 0 saturated heterocycles. The highest BCUT2D eigenvalue weighted by atomic mass is 32.2. The molecule has 0 saturated carbocycles. The van der Waals surface area contributed by atoms with Gasteiger partial charge in [-0.2, -0.15) is 0 Å². The van der Waals surface area contributed by atoms with Crippen molar-refractivity contribution in [1.29, 1.82) is 0 Å². The zero-order valence-electron chi connectivity index (χ0n) is 19.8. The molecule has 0 aliphatic carbocycles. The van der Waals surface area contributed by atoms with E-state index in [-0.39, 0.29) is 11.7 Å². The number of nitrogens with one attached hydrogen (secondary N) is 1. The topological polar surface area (TPSA) is 69.0 Å². The molecule has 1 N–H and O–H groups in total. The van der Waals surface area contributed by atoms with Crippen LogP contribution in [-0.4, -0.2) is 33.5 Å². The van der Waals surface area contributed by atoms with Crippen LogP contribution in [0.5, 0.6) is 5.75 Å². The second kappa shape index (κ2) is 10.6. The third kappa shape index (κ3) is 5.31. The largest absolute Gasteiger partial charge is 0.497 e. The molecule has 174 valence electrons. The summed E-state index contributed by atoms with van der Waals surface area (Å²) >= 11 is 1.36. The van der Waals surface area contributed by atoms with Gasteiger partial charge in [-0.1, -0.05) is 73.6 Å². The summed E-state index contributed by atoms with van der Waals surface area (Å²) in [5.74, 6) is 1.94. The van der Waals surface area contributed by atoms with Crippen molar-refractivity contribution >= 4 is 23.4 Å². The average molecular weight is 473 g/mol. The lowest BCUT2D eigenvalue weighted by atomic mass is 10.0. The minimum Gasteiger partial charge on any atom is -0.497 e. The van der Waals surface area contributed by atoms with E-state index in [4.69, 9.17) is 4.74 Å². The molecule has 0 fully saturated rings. The van der Waals surface area contributed by atoms with Gasteiger partial charge in [0.1, 0.15) is 5.75 Å². The first-order chi connectivity index (χ1) is 16.5. The third-order valence-corrected chi connectivity index (χ3v) is 6.39. The van der Waals surface area contributed by atoms with E-state index >= 15 is 0 Å². The normalized spacial score (nSPS) is 11.0. The number of ether oxygens (including phenoxy) is 1. The van der Waals surface area contributed by atoms with Crippen LogP contribution in [0.15, 0.2) is 78.0 Å². The van der Waals surface area contributed by atoms with E-state index in [0.29, 0.717) is 11.1 Å². The summed E-state index contributed by atoms with van der Waals surface area (Å²) in [4.78, 5) is 12.8. The van der Waals surface area contributed by atoms with E-state index in [1.54, 1.807) is 7.11 Å². The molecule has 7 heteroatoms. The van der Waals surface area contributed by atoms with Crippen LogP contribution in [0.3, 0.4) is 0 Å². The summed E-state index contributed by atoms with van der Waals surface area (Å²) in [5, 5.41) is 12.6. The van der Waals surface area contributed by atoms with Crippen LogP contribution in [0.1, 0.15) is 30.9 Å². The summed E-state index contributed by atoms with van der Waals surface area (Å²) in [6, 6.07) is 23.8. The van der Waals surface area contributed by atoms with Gasteiger partial charge in [-0.05, 0) is 48.7 Å². The van der Waals surface area contributed by atoms with Gasteiger partial charge in [0.25, 0.3) is 0 Å². The van der Waals surface area contributed by atoms with Crippen LogP contribution in [0, 0.1) is 6.92 Å². The maximum absolute atomic E-state index is 12.8. The molecule has 0 aliphatic heterocycles. The Morgan fingerprint density at radius 2 is 1.71 bits per heavy atom. The number of aromatic nitrogens is 3. The zero-order chi connectivity index (χ0) is 24.1. The first-order valence-corrected chi connectivity index (χ1v) is 12.1. The molecule has 3 aromatic carbocycles. The Bertz CT molecular complexity index is 1260. The number of hydrogen-bond acceptors (Lipinski definition) is 5. The number of carbonyl (C=O) groups excluding carboxylic acids is 1. The van der Waals surface area contributed by atoms with Crippen molar-refractivity contribution in [3.63, 3.8) is 0 Å². The second-order valence-corrected chi connectivity index (χ2v) is 9.23. The molecule has 4 rings (SSSR count). The number of para-hydroxylation sites is 1. The minimum absolute atomic E-state index is 0.0840. The Morgan fingerprint density at radius 1 is 1.00 bits per heavy atom. The average Bonchev–Trinajstić information content (AvgIpc) is 3.27. The smallest absolute Gasteiger partial charge is 0.234 e. The molecule has 0 spiro atoms. The molecular formula is C27H28N4O2S. The number of carbonyl (C=O) groups is 1. The van der Waals surface area contributed by atoms with E-state index in [1.807, 2.05) is 65.2 Å². The fourth-order valence-electron chi connectivity index (χ4n) is 3.65. The molecule has 1 amide bonds. The van der Waals surface area contributed by atoms with E-state index in [1.165, 1.54) is 17.3 Å². The fourth-order valence-corrected chi connectivity index (χ4v) is 4.40. The Labute approximate surface area is 204 Å². The molecule has 34 heavy (non-hydrogen) atoms. The zero-order valence-corrected chi connectivity index (χ0v) is 20.6. The molecule has 4 aromatic rings. The van der Waals surface area contributed by atoms with Gasteiger partial charge in [-0.25, -0.2) is 0 Å². The number of rotatable bonds is 8. The van der Waals surface area contributed by atoms with Crippen LogP contribution >= 0.6 is 11.8 Å². The number of aryl methyl sites for hydroxylation is 1. The van der Waals surface area contributed by atoms with E-state index in [0.717, 1.165) is 34.1 Å². The molecule has 1 heterocycles.